The minimum absolute atomic E-state index is 0.371. The molecule has 1 aliphatic carbocycles. The smallest absolute Gasteiger partial charge is 0.0850 e. The van der Waals surface area contributed by atoms with Gasteiger partial charge in [0.25, 0.3) is 0 Å². The Morgan fingerprint density at radius 1 is 1.19 bits per heavy atom. The molecule has 1 N–H and O–H groups in total. The Bertz CT molecular complexity index is 447. The zero-order valence-electron chi connectivity index (χ0n) is 13.8. The van der Waals surface area contributed by atoms with E-state index in [1.54, 1.807) is 0 Å². The number of hydrogen-bond donors (Lipinski definition) is 1. The lowest BCUT2D eigenvalue weighted by Gasteiger charge is -2.38. The van der Waals surface area contributed by atoms with Crippen LogP contribution in [0.25, 0.3) is 0 Å². The number of hydrogen-bond acceptors (Lipinski definition) is 2. The summed E-state index contributed by atoms with van der Waals surface area (Å²) in [6.45, 7) is 9.54. The highest BCUT2D eigenvalue weighted by atomic mass is 35.5. The molecule has 1 aliphatic rings. The van der Waals surface area contributed by atoms with E-state index < -0.39 is 0 Å². The Morgan fingerprint density at radius 2 is 1.90 bits per heavy atom. The van der Waals surface area contributed by atoms with Crippen molar-refractivity contribution in [1.82, 2.24) is 15.1 Å². The second-order valence-corrected chi connectivity index (χ2v) is 6.77. The highest BCUT2D eigenvalue weighted by Crippen LogP contribution is 2.40. The molecule has 0 bridgehead atoms. The molecule has 0 radical (unpaired) electrons. The molecule has 3 nitrogen and oxygen atoms in total. The van der Waals surface area contributed by atoms with E-state index in [-0.39, 0.29) is 0 Å². The van der Waals surface area contributed by atoms with Gasteiger partial charge >= 0.3 is 0 Å². The largest absolute Gasteiger partial charge is 0.316 e. The lowest BCUT2D eigenvalue weighted by molar-refractivity contribution is 0.178. The van der Waals surface area contributed by atoms with Crippen molar-refractivity contribution in [3.63, 3.8) is 0 Å². The van der Waals surface area contributed by atoms with Crippen LogP contribution in [0, 0.1) is 5.41 Å². The number of nitrogens with one attached hydrogen (secondary N) is 1. The van der Waals surface area contributed by atoms with Crippen LogP contribution in [0.2, 0.25) is 5.02 Å². The van der Waals surface area contributed by atoms with Crippen molar-refractivity contribution in [3.05, 3.63) is 16.4 Å². The molecule has 0 atom stereocenters. The third kappa shape index (κ3) is 3.81. The number of rotatable bonds is 7. The summed E-state index contributed by atoms with van der Waals surface area (Å²) in [5, 5.41) is 9.19. The molecular weight excluding hydrogens is 282 g/mol. The van der Waals surface area contributed by atoms with Gasteiger partial charge in [-0.25, -0.2) is 0 Å². The molecule has 21 heavy (non-hydrogen) atoms. The second kappa shape index (κ2) is 7.64. The molecule has 0 saturated heterocycles. The van der Waals surface area contributed by atoms with Crippen molar-refractivity contribution in [1.29, 1.82) is 0 Å². The van der Waals surface area contributed by atoms with Crippen LogP contribution in [-0.4, -0.2) is 22.9 Å². The zero-order valence-corrected chi connectivity index (χ0v) is 14.6. The summed E-state index contributed by atoms with van der Waals surface area (Å²) in [5.74, 6) is 0. The van der Waals surface area contributed by atoms with Gasteiger partial charge in [0.05, 0.1) is 16.4 Å². The van der Waals surface area contributed by atoms with Crippen LogP contribution in [-0.2, 0) is 19.4 Å². The summed E-state index contributed by atoms with van der Waals surface area (Å²) in [6.07, 6.45) is 8.70. The molecule has 2 rings (SSSR count). The van der Waals surface area contributed by atoms with E-state index in [0.717, 1.165) is 43.2 Å². The first-order chi connectivity index (χ1) is 10.2. The highest BCUT2D eigenvalue weighted by molar-refractivity contribution is 6.31. The van der Waals surface area contributed by atoms with Crippen LogP contribution in [0.4, 0.5) is 0 Å². The number of halogens is 1. The monoisotopic (exact) mass is 311 g/mol. The van der Waals surface area contributed by atoms with E-state index in [4.69, 9.17) is 11.6 Å². The number of aromatic nitrogens is 2. The summed E-state index contributed by atoms with van der Waals surface area (Å²) in [6, 6.07) is 0. The predicted molar refractivity (Wildman–Crippen MR) is 90.1 cm³/mol. The maximum Gasteiger partial charge on any atom is 0.0850 e. The summed E-state index contributed by atoms with van der Waals surface area (Å²) in [5.41, 5.74) is 2.69. The van der Waals surface area contributed by atoms with Gasteiger partial charge in [-0.3, -0.25) is 4.68 Å². The summed E-state index contributed by atoms with van der Waals surface area (Å²) >= 11 is 6.62. The van der Waals surface area contributed by atoms with Gasteiger partial charge in [0, 0.05) is 13.1 Å². The van der Waals surface area contributed by atoms with Crippen molar-refractivity contribution in [2.45, 2.75) is 72.3 Å². The van der Waals surface area contributed by atoms with Gasteiger partial charge in [-0.15, -0.1) is 0 Å². The Kier molecular flexibility index (Phi) is 6.12. The van der Waals surface area contributed by atoms with Gasteiger partial charge in [0.1, 0.15) is 0 Å². The van der Waals surface area contributed by atoms with E-state index in [9.17, 15) is 0 Å². The lowest BCUT2D eigenvalue weighted by Crippen LogP contribution is -2.38. The molecule has 120 valence electrons. The third-order valence-electron chi connectivity index (χ3n) is 4.90. The lowest BCUT2D eigenvalue weighted by atomic mass is 9.71. The topological polar surface area (TPSA) is 29.9 Å². The molecule has 1 heterocycles. The van der Waals surface area contributed by atoms with Gasteiger partial charge in [-0.2, -0.15) is 5.10 Å². The predicted octanol–water partition coefficient (Wildman–Crippen LogP) is 4.22. The zero-order chi connectivity index (χ0) is 15.3. The van der Waals surface area contributed by atoms with Crippen LogP contribution in [0.1, 0.15) is 64.3 Å². The first kappa shape index (κ1) is 16.8. The molecule has 0 amide bonds. The molecule has 1 aromatic heterocycles. The Labute approximate surface area is 134 Å². The fourth-order valence-electron chi connectivity index (χ4n) is 3.65. The maximum absolute atomic E-state index is 6.62. The second-order valence-electron chi connectivity index (χ2n) is 6.39. The molecule has 1 aromatic rings. The Balaban J connectivity index is 2.25. The molecule has 1 saturated carbocycles. The molecule has 0 aromatic carbocycles. The SMILES string of the molecule is CCNCC1(Cc2c(Cl)c(CC)nn2CC)CCCCC1. The minimum atomic E-state index is 0.371. The molecular formula is C17H30ClN3. The van der Waals surface area contributed by atoms with E-state index in [1.165, 1.54) is 37.8 Å². The average Bonchev–Trinajstić information content (AvgIpc) is 2.82. The van der Waals surface area contributed by atoms with Crippen molar-refractivity contribution in [3.8, 4) is 0 Å². The normalized spacial score (nSPS) is 18.1. The van der Waals surface area contributed by atoms with Crippen molar-refractivity contribution in [2.75, 3.05) is 13.1 Å². The summed E-state index contributed by atoms with van der Waals surface area (Å²) < 4.78 is 2.13. The van der Waals surface area contributed by atoms with Crippen molar-refractivity contribution < 1.29 is 0 Å². The highest BCUT2D eigenvalue weighted by Gasteiger charge is 2.34. The van der Waals surface area contributed by atoms with E-state index >= 15 is 0 Å². The Morgan fingerprint density at radius 3 is 2.48 bits per heavy atom. The fourth-order valence-corrected chi connectivity index (χ4v) is 3.99. The van der Waals surface area contributed by atoms with Crippen LogP contribution in [0.5, 0.6) is 0 Å². The average molecular weight is 312 g/mol. The van der Waals surface area contributed by atoms with Crippen LogP contribution >= 0.6 is 11.6 Å². The van der Waals surface area contributed by atoms with Gasteiger partial charge in [-0.05, 0) is 44.6 Å². The first-order valence-electron chi connectivity index (χ1n) is 8.60. The van der Waals surface area contributed by atoms with Crippen LogP contribution in [0.3, 0.4) is 0 Å². The summed E-state index contributed by atoms with van der Waals surface area (Å²) in [7, 11) is 0. The molecule has 0 unspecified atom stereocenters. The molecule has 4 heteroatoms. The van der Waals surface area contributed by atoms with Crippen molar-refractivity contribution in [2.24, 2.45) is 5.41 Å². The molecule has 0 aliphatic heterocycles. The van der Waals surface area contributed by atoms with Crippen molar-refractivity contribution >= 4 is 11.6 Å². The van der Waals surface area contributed by atoms with Crippen LogP contribution < -0.4 is 5.32 Å². The van der Waals surface area contributed by atoms with Gasteiger partial charge in [0.15, 0.2) is 0 Å². The quantitative estimate of drug-likeness (QED) is 0.817. The van der Waals surface area contributed by atoms with Gasteiger partial charge in [0.2, 0.25) is 0 Å². The number of aryl methyl sites for hydroxylation is 2. The summed E-state index contributed by atoms with van der Waals surface area (Å²) in [4.78, 5) is 0. The van der Waals surface area contributed by atoms with Gasteiger partial charge in [-0.1, -0.05) is 44.7 Å². The minimum Gasteiger partial charge on any atom is -0.316 e. The first-order valence-corrected chi connectivity index (χ1v) is 8.98. The number of nitrogens with zero attached hydrogens (tertiary/aromatic N) is 2. The standard InChI is InChI=1S/C17H30ClN3/c1-4-14-16(18)15(21(6-3)20-14)12-17(13-19-5-2)10-8-7-9-11-17/h19H,4-13H2,1-3H3. The Hall–Kier alpha value is -0.540. The van der Waals surface area contributed by atoms with E-state index in [2.05, 4.69) is 35.9 Å². The van der Waals surface area contributed by atoms with Crippen LogP contribution in [0.15, 0.2) is 0 Å². The third-order valence-corrected chi connectivity index (χ3v) is 5.34. The maximum atomic E-state index is 6.62. The molecule has 0 spiro atoms. The van der Waals surface area contributed by atoms with E-state index in [1.807, 2.05) is 0 Å². The van der Waals surface area contributed by atoms with Gasteiger partial charge < -0.3 is 5.32 Å². The molecule has 1 fully saturated rings. The van der Waals surface area contributed by atoms with E-state index in [0.29, 0.717) is 5.41 Å². The fraction of sp³-hybridized carbons (Fsp3) is 0.824.